The van der Waals surface area contributed by atoms with Gasteiger partial charge in [0.05, 0.1) is 5.60 Å². The summed E-state index contributed by atoms with van der Waals surface area (Å²) >= 11 is 6.29. The first-order chi connectivity index (χ1) is 8.99. The van der Waals surface area contributed by atoms with E-state index in [2.05, 4.69) is 26.0 Å². The van der Waals surface area contributed by atoms with Gasteiger partial charge in [0.2, 0.25) is 0 Å². The fourth-order valence-corrected chi connectivity index (χ4v) is 2.93. The van der Waals surface area contributed by atoms with Crippen LogP contribution < -0.4 is 5.73 Å². The van der Waals surface area contributed by atoms with Crippen molar-refractivity contribution in [2.75, 3.05) is 6.61 Å². The number of benzene rings is 1. The number of aryl methyl sites for hydroxylation is 1. The molecule has 0 aromatic heterocycles. The second-order valence-corrected chi connectivity index (χ2v) is 5.52. The van der Waals surface area contributed by atoms with Gasteiger partial charge >= 0.3 is 0 Å². The van der Waals surface area contributed by atoms with Crippen LogP contribution in [0.25, 0.3) is 0 Å². The molecule has 0 saturated heterocycles. The quantitative estimate of drug-likeness (QED) is 0.817. The third-order valence-corrected chi connectivity index (χ3v) is 4.30. The molecule has 0 heterocycles. The maximum Gasteiger partial charge on any atom is 0.0830 e. The van der Waals surface area contributed by atoms with Gasteiger partial charge in [-0.2, -0.15) is 0 Å². The molecule has 0 fully saturated rings. The van der Waals surface area contributed by atoms with Gasteiger partial charge in [-0.05, 0) is 50.3 Å². The van der Waals surface area contributed by atoms with E-state index in [1.807, 2.05) is 19.9 Å². The Morgan fingerprint density at radius 3 is 2.37 bits per heavy atom. The maximum absolute atomic E-state index is 6.42. The molecule has 108 valence electrons. The van der Waals surface area contributed by atoms with E-state index in [9.17, 15) is 0 Å². The highest BCUT2D eigenvalue weighted by atomic mass is 35.5. The fraction of sp³-hybridized carbons (Fsp3) is 0.625. The molecule has 1 rings (SSSR count). The van der Waals surface area contributed by atoms with E-state index in [-0.39, 0.29) is 11.6 Å². The predicted octanol–water partition coefficient (Wildman–Crippen LogP) is 4.11. The Balaban J connectivity index is 2.89. The minimum absolute atomic E-state index is 0.0392. The smallest absolute Gasteiger partial charge is 0.0830 e. The highest BCUT2D eigenvalue weighted by molar-refractivity contribution is 6.31. The molecule has 0 aliphatic rings. The zero-order valence-corrected chi connectivity index (χ0v) is 13.3. The van der Waals surface area contributed by atoms with Gasteiger partial charge in [0.25, 0.3) is 0 Å². The molecule has 0 bridgehead atoms. The van der Waals surface area contributed by atoms with Crippen LogP contribution in [0.3, 0.4) is 0 Å². The van der Waals surface area contributed by atoms with Crippen LogP contribution in [0, 0.1) is 6.92 Å². The van der Waals surface area contributed by atoms with Gasteiger partial charge < -0.3 is 10.5 Å². The maximum atomic E-state index is 6.42. The van der Waals surface area contributed by atoms with Crippen LogP contribution in [0.15, 0.2) is 18.2 Å². The second kappa shape index (κ2) is 7.28. The van der Waals surface area contributed by atoms with Crippen molar-refractivity contribution in [2.45, 2.75) is 58.6 Å². The predicted molar refractivity (Wildman–Crippen MR) is 82.8 cm³/mol. The molecule has 1 aromatic carbocycles. The van der Waals surface area contributed by atoms with Crippen molar-refractivity contribution < 1.29 is 4.74 Å². The lowest BCUT2D eigenvalue weighted by molar-refractivity contribution is -0.0633. The van der Waals surface area contributed by atoms with Crippen LogP contribution in [0.5, 0.6) is 0 Å². The molecule has 0 spiro atoms. The summed E-state index contributed by atoms with van der Waals surface area (Å²) in [5.41, 5.74) is 8.44. The lowest BCUT2D eigenvalue weighted by atomic mass is 9.85. The molecule has 1 aromatic rings. The Hall–Kier alpha value is -0.570. The average Bonchev–Trinajstić information content (AvgIpc) is 2.39. The first-order valence-corrected chi connectivity index (χ1v) is 7.51. The van der Waals surface area contributed by atoms with Gasteiger partial charge in [-0.15, -0.1) is 0 Å². The molecular formula is C16H26ClNO. The van der Waals surface area contributed by atoms with Crippen molar-refractivity contribution in [3.63, 3.8) is 0 Å². The normalized spacial score (nSPS) is 13.6. The molecule has 0 radical (unpaired) electrons. The molecule has 0 aliphatic heterocycles. The van der Waals surface area contributed by atoms with Crippen molar-refractivity contribution in [3.8, 4) is 0 Å². The van der Waals surface area contributed by atoms with Crippen LogP contribution in [0.2, 0.25) is 5.02 Å². The number of ether oxygens (including phenoxy) is 1. The van der Waals surface area contributed by atoms with Crippen LogP contribution in [0.4, 0.5) is 0 Å². The first kappa shape index (κ1) is 16.5. The Morgan fingerprint density at radius 2 is 1.89 bits per heavy atom. The van der Waals surface area contributed by atoms with E-state index in [0.717, 1.165) is 29.8 Å². The van der Waals surface area contributed by atoms with Gasteiger partial charge in [0.15, 0.2) is 0 Å². The lowest BCUT2D eigenvalue weighted by Crippen LogP contribution is -2.50. The third-order valence-electron chi connectivity index (χ3n) is 3.95. The van der Waals surface area contributed by atoms with E-state index < -0.39 is 0 Å². The molecule has 1 atom stereocenters. The van der Waals surface area contributed by atoms with Gasteiger partial charge in [-0.3, -0.25) is 0 Å². The topological polar surface area (TPSA) is 35.2 Å². The Labute approximate surface area is 122 Å². The molecular weight excluding hydrogens is 258 g/mol. The van der Waals surface area contributed by atoms with Gasteiger partial charge in [-0.25, -0.2) is 0 Å². The monoisotopic (exact) mass is 283 g/mol. The van der Waals surface area contributed by atoms with Crippen LogP contribution in [0.1, 0.15) is 44.7 Å². The summed E-state index contributed by atoms with van der Waals surface area (Å²) in [5, 5.41) is 0.799. The summed E-state index contributed by atoms with van der Waals surface area (Å²) in [6.07, 6.45) is 2.59. The minimum Gasteiger partial charge on any atom is -0.374 e. The Morgan fingerprint density at radius 1 is 1.26 bits per heavy atom. The number of hydrogen-bond donors (Lipinski definition) is 1. The van der Waals surface area contributed by atoms with Crippen molar-refractivity contribution in [2.24, 2.45) is 5.73 Å². The lowest BCUT2D eigenvalue weighted by Gasteiger charge is -2.37. The van der Waals surface area contributed by atoms with Crippen LogP contribution in [-0.4, -0.2) is 18.2 Å². The molecule has 1 unspecified atom stereocenters. The Bertz CT molecular complexity index is 402. The molecule has 0 aliphatic carbocycles. The Kier molecular flexibility index (Phi) is 6.31. The summed E-state index contributed by atoms with van der Waals surface area (Å²) in [4.78, 5) is 0. The summed E-state index contributed by atoms with van der Waals surface area (Å²) < 4.78 is 5.96. The van der Waals surface area contributed by atoms with E-state index in [1.54, 1.807) is 0 Å². The number of halogens is 1. The minimum atomic E-state index is -0.247. The van der Waals surface area contributed by atoms with Crippen LogP contribution in [-0.2, 0) is 11.2 Å². The highest BCUT2D eigenvalue weighted by Gasteiger charge is 2.34. The number of nitrogens with two attached hydrogens (primary N) is 1. The van der Waals surface area contributed by atoms with Gasteiger partial charge in [-0.1, -0.05) is 37.6 Å². The molecule has 0 saturated carbocycles. The average molecular weight is 284 g/mol. The van der Waals surface area contributed by atoms with Crippen molar-refractivity contribution in [1.82, 2.24) is 0 Å². The summed E-state index contributed by atoms with van der Waals surface area (Å²) in [6, 6.07) is 6.10. The van der Waals surface area contributed by atoms with E-state index in [4.69, 9.17) is 22.1 Å². The largest absolute Gasteiger partial charge is 0.374 e. The van der Waals surface area contributed by atoms with Crippen molar-refractivity contribution >= 4 is 11.6 Å². The van der Waals surface area contributed by atoms with Gasteiger partial charge in [0.1, 0.15) is 0 Å². The molecule has 2 N–H and O–H groups in total. The number of rotatable bonds is 7. The second-order valence-electron chi connectivity index (χ2n) is 5.11. The number of hydrogen-bond acceptors (Lipinski definition) is 2. The van der Waals surface area contributed by atoms with E-state index >= 15 is 0 Å². The van der Waals surface area contributed by atoms with Crippen LogP contribution >= 0.6 is 11.6 Å². The molecule has 3 heteroatoms. The zero-order chi connectivity index (χ0) is 14.5. The standard InChI is InChI=1S/C16H26ClNO/c1-5-16(6-2,19-7-3)15(18)11-13-9-8-12(4)10-14(13)17/h8-10,15H,5-7,11,18H2,1-4H3. The molecule has 19 heavy (non-hydrogen) atoms. The molecule has 2 nitrogen and oxygen atoms in total. The van der Waals surface area contributed by atoms with E-state index in [1.165, 1.54) is 5.56 Å². The van der Waals surface area contributed by atoms with Crippen molar-refractivity contribution in [3.05, 3.63) is 34.3 Å². The summed E-state index contributed by atoms with van der Waals surface area (Å²) in [5.74, 6) is 0. The molecule has 0 amide bonds. The first-order valence-electron chi connectivity index (χ1n) is 7.13. The highest BCUT2D eigenvalue weighted by Crippen LogP contribution is 2.28. The summed E-state index contributed by atoms with van der Waals surface area (Å²) in [7, 11) is 0. The summed E-state index contributed by atoms with van der Waals surface area (Å²) in [6.45, 7) is 9.02. The van der Waals surface area contributed by atoms with Crippen molar-refractivity contribution in [1.29, 1.82) is 0 Å². The zero-order valence-electron chi connectivity index (χ0n) is 12.5. The van der Waals surface area contributed by atoms with Gasteiger partial charge in [0, 0.05) is 17.7 Å². The van der Waals surface area contributed by atoms with E-state index in [0.29, 0.717) is 6.61 Å². The fourth-order valence-electron chi connectivity index (χ4n) is 2.61. The third kappa shape index (κ3) is 3.95. The SMILES string of the molecule is CCOC(CC)(CC)C(N)Cc1ccc(C)cc1Cl.